The van der Waals surface area contributed by atoms with Crippen molar-refractivity contribution >= 4 is 12.2 Å². The van der Waals surface area contributed by atoms with E-state index in [0.29, 0.717) is 11.9 Å². The SMILES string of the molecule is S=c1cc(C2CCCC2)[nH]n1-c1ncccn1. The molecule has 1 fully saturated rings. The molecule has 1 aliphatic rings. The Morgan fingerprint density at radius 2 is 1.94 bits per heavy atom. The minimum absolute atomic E-state index is 0.613. The molecule has 0 aromatic carbocycles. The van der Waals surface area contributed by atoms with Gasteiger partial charge in [0, 0.05) is 24.0 Å². The Morgan fingerprint density at radius 3 is 2.65 bits per heavy atom. The van der Waals surface area contributed by atoms with Crippen LogP contribution in [0.25, 0.3) is 5.95 Å². The van der Waals surface area contributed by atoms with Gasteiger partial charge in [-0.2, -0.15) is 0 Å². The molecule has 0 spiro atoms. The highest BCUT2D eigenvalue weighted by Crippen LogP contribution is 2.33. The molecule has 0 unspecified atom stereocenters. The second-order valence-electron chi connectivity index (χ2n) is 4.42. The van der Waals surface area contributed by atoms with E-state index < -0.39 is 0 Å². The van der Waals surface area contributed by atoms with Gasteiger partial charge in [0.25, 0.3) is 0 Å². The highest BCUT2D eigenvalue weighted by Gasteiger charge is 2.19. The lowest BCUT2D eigenvalue weighted by Gasteiger charge is -2.05. The fraction of sp³-hybridized carbons (Fsp3) is 0.417. The number of nitrogens with zero attached hydrogens (tertiary/aromatic N) is 3. The van der Waals surface area contributed by atoms with Crippen LogP contribution in [0, 0.1) is 4.64 Å². The normalized spacial score (nSPS) is 16.5. The van der Waals surface area contributed by atoms with Gasteiger partial charge in [0.1, 0.15) is 4.64 Å². The molecular weight excluding hydrogens is 232 g/mol. The molecular formula is C12H14N4S. The van der Waals surface area contributed by atoms with Crippen molar-refractivity contribution in [3.8, 4) is 5.95 Å². The van der Waals surface area contributed by atoms with Gasteiger partial charge in [-0.05, 0) is 25.0 Å². The van der Waals surface area contributed by atoms with Gasteiger partial charge in [-0.25, -0.2) is 14.6 Å². The maximum atomic E-state index is 5.34. The number of hydrogen-bond donors (Lipinski definition) is 1. The quantitative estimate of drug-likeness (QED) is 0.829. The zero-order valence-electron chi connectivity index (χ0n) is 9.47. The molecule has 1 aliphatic carbocycles. The summed E-state index contributed by atoms with van der Waals surface area (Å²) >= 11 is 5.34. The number of aromatic nitrogens is 4. The second kappa shape index (κ2) is 4.41. The smallest absolute Gasteiger partial charge is 0.249 e. The highest BCUT2D eigenvalue weighted by molar-refractivity contribution is 7.71. The van der Waals surface area contributed by atoms with Crippen LogP contribution in [0.1, 0.15) is 37.3 Å². The number of nitrogens with one attached hydrogen (secondary N) is 1. The van der Waals surface area contributed by atoms with Gasteiger partial charge >= 0.3 is 0 Å². The third kappa shape index (κ3) is 2.02. The molecule has 2 aromatic rings. The molecule has 2 aromatic heterocycles. The molecule has 0 amide bonds. The topological polar surface area (TPSA) is 46.5 Å². The number of rotatable bonds is 2. The van der Waals surface area contributed by atoms with Gasteiger partial charge in [-0.1, -0.05) is 25.1 Å². The van der Waals surface area contributed by atoms with E-state index in [1.54, 1.807) is 23.1 Å². The number of hydrogen-bond acceptors (Lipinski definition) is 3. The number of H-pyrrole nitrogens is 1. The molecule has 88 valence electrons. The first-order valence-corrected chi connectivity index (χ1v) is 6.35. The Morgan fingerprint density at radius 1 is 1.24 bits per heavy atom. The van der Waals surface area contributed by atoms with Crippen LogP contribution in [-0.2, 0) is 0 Å². The van der Waals surface area contributed by atoms with Crippen LogP contribution < -0.4 is 0 Å². The van der Waals surface area contributed by atoms with Crippen LogP contribution in [-0.4, -0.2) is 19.7 Å². The van der Waals surface area contributed by atoms with E-state index in [2.05, 4.69) is 15.1 Å². The van der Waals surface area contributed by atoms with Crippen molar-refractivity contribution in [3.05, 3.63) is 34.9 Å². The van der Waals surface area contributed by atoms with Crippen molar-refractivity contribution in [1.82, 2.24) is 19.7 Å². The van der Waals surface area contributed by atoms with Gasteiger partial charge in [-0.3, -0.25) is 5.10 Å². The fourth-order valence-electron chi connectivity index (χ4n) is 2.42. The van der Waals surface area contributed by atoms with Crippen LogP contribution in [0.2, 0.25) is 0 Å². The van der Waals surface area contributed by atoms with Crippen molar-refractivity contribution in [1.29, 1.82) is 0 Å². The molecule has 3 rings (SSSR count). The summed E-state index contributed by atoms with van der Waals surface area (Å²) in [6, 6.07) is 3.84. The average molecular weight is 246 g/mol. The molecule has 0 radical (unpaired) electrons. The lowest BCUT2D eigenvalue weighted by atomic mass is 10.1. The van der Waals surface area contributed by atoms with Gasteiger partial charge in [0.05, 0.1) is 0 Å². The zero-order chi connectivity index (χ0) is 11.7. The summed E-state index contributed by atoms with van der Waals surface area (Å²) in [5, 5.41) is 3.33. The summed E-state index contributed by atoms with van der Waals surface area (Å²) in [5.41, 5.74) is 1.22. The van der Waals surface area contributed by atoms with E-state index in [-0.39, 0.29) is 0 Å². The van der Waals surface area contributed by atoms with Gasteiger partial charge < -0.3 is 0 Å². The van der Waals surface area contributed by atoms with E-state index in [0.717, 1.165) is 4.64 Å². The van der Waals surface area contributed by atoms with Crippen molar-refractivity contribution in [2.75, 3.05) is 0 Å². The van der Waals surface area contributed by atoms with Gasteiger partial charge in [0.2, 0.25) is 5.95 Å². The van der Waals surface area contributed by atoms with Crippen LogP contribution in [0.3, 0.4) is 0 Å². The zero-order valence-corrected chi connectivity index (χ0v) is 10.3. The first kappa shape index (κ1) is 10.7. The van der Waals surface area contributed by atoms with E-state index in [9.17, 15) is 0 Å². The average Bonchev–Trinajstić information content (AvgIpc) is 2.99. The van der Waals surface area contributed by atoms with E-state index in [4.69, 9.17) is 12.2 Å². The molecule has 0 saturated heterocycles. The molecule has 1 saturated carbocycles. The summed E-state index contributed by atoms with van der Waals surface area (Å²) in [7, 11) is 0. The number of aromatic amines is 1. The van der Waals surface area contributed by atoms with E-state index in [1.165, 1.54) is 31.4 Å². The minimum atomic E-state index is 0.613. The molecule has 17 heavy (non-hydrogen) atoms. The third-order valence-corrected chi connectivity index (χ3v) is 3.59. The third-order valence-electron chi connectivity index (χ3n) is 3.29. The molecule has 5 heteroatoms. The van der Waals surface area contributed by atoms with Gasteiger partial charge in [0.15, 0.2) is 0 Å². The van der Waals surface area contributed by atoms with Crippen LogP contribution in [0.5, 0.6) is 0 Å². The fourth-order valence-corrected chi connectivity index (χ4v) is 2.67. The molecule has 1 N–H and O–H groups in total. The highest BCUT2D eigenvalue weighted by atomic mass is 32.1. The largest absolute Gasteiger partial charge is 0.294 e. The lowest BCUT2D eigenvalue weighted by Crippen LogP contribution is -2.03. The summed E-state index contributed by atoms with van der Waals surface area (Å²) < 4.78 is 2.53. The summed E-state index contributed by atoms with van der Waals surface area (Å²) in [4.78, 5) is 8.41. The van der Waals surface area contributed by atoms with E-state index in [1.807, 2.05) is 6.07 Å². The maximum Gasteiger partial charge on any atom is 0.249 e. The molecule has 0 aliphatic heterocycles. The molecule has 2 heterocycles. The Labute approximate surface area is 105 Å². The van der Waals surface area contributed by atoms with Crippen molar-refractivity contribution < 1.29 is 0 Å². The second-order valence-corrected chi connectivity index (χ2v) is 4.83. The first-order chi connectivity index (χ1) is 8.34. The van der Waals surface area contributed by atoms with Crippen LogP contribution in [0.4, 0.5) is 0 Å². The van der Waals surface area contributed by atoms with E-state index >= 15 is 0 Å². The summed E-state index contributed by atoms with van der Waals surface area (Å²) in [6.07, 6.45) is 8.59. The standard InChI is InChI=1S/C12H14N4S/c17-11-8-10(9-4-1-2-5-9)15-16(11)12-13-6-3-7-14-12/h3,6-9,15H,1-2,4-5H2. The molecule has 4 nitrogen and oxygen atoms in total. The minimum Gasteiger partial charge on any atom is -0.294 e. The van der Waals surface area contributed by atoms with Crippen molar-refractivity contribution in [2.24, 2.45) is 0 Å². The summed E-state index contributed by atoms with van der Waals surface area (Å²) in [5.74, 6) is 1.24. The van der Waals surface area contributed by atoms with Crippen molar-refractivity contribution in [2.45, 2.75) is 31.6 Å². The maximum absolute atomic E-state index is 5.34. The summed E-state index contributed by atoms with van der Waals surface area (Å²) in [6.45, 7) is 0. The van der Waals surface area contributed by atoms with Crippen LogP contribution in [0.15, 0.2) is 24.5 Å². The predicted molar refractivity (Wildman–Crippen MR) is 67.8 cm³/mol. The molecule has 0 atom stereocenters. The predicted octanol–water partition coefficient (Wildman–Crippen LogP) is 2.98. The Balaban J connectivity index is 1.99. The monoisotopic (exact) mass is 246 g/mol. The Bertz CT molecular complexity index is 551. The first-order valence-electron chi connectivity index (χ1n) is 5.94. The van der Waals surface area contributed by atoms with Crippen LogP contribution >= 0.6 is 12.2 Å². The van der Waals surface area contributed by atoms with Crippen molar-refractivity contribution in [3.63, 3.8) is 0 Å². The van der Waals surface area contributed by atoms with Gasteiger partial charge in [-0.15, -0.1) is 0 Å². The Hall–Kier alpha value is -1.49. The molecule has 0 bridgehead atoms. The lowest BCUT2D eigenvalue weighted by molar-refractivity contribution is 0.670. The Kier molecular flexibility index (Phi) is 2.76.